The van der Waals surface area contributed by atoms with Crippen molar-refractivity contribution in [3.05, 3.63) is 42.0 Å². The van der Waals surface area contributed by atoms with E-state index in [9.17, 15) is 23.1 Å². The number of aromatic carboxylic acids is 1. The highest BCUT2D eigenvalue weighted by atomic mass is 32.1. The molecule has 0 aliphatic carbocycles. The molecule has 1 aliphatic rings. The Hall–Kier alpha value is -2.68. The zero-order valence-corrected chi connectivity index (χ0v) is 15.4. The van der Waals surface area contributed by atoms with Gasteiger partial charge >= 0.3 is 12.1 Å². The molecule has 2 aromatic heterocycles. The molecular formula is C19H16F3N3O2S. The van der Waals surface area contributed by atoms with E-state index in [1.54, 1.807) is 4.90 Å². The smallest absolute Gasteiger partial charge is 0.391 e. The highest BCUT2D eigenvalue weighted by Gasteiger charge is 2.41. The Labute approximate surface area is 162 Å². The van der Waals surface area contributed by atoms with Crippen LogP contribution in [0.3, 0.4) is 0 Å². The predicted octanol–water partition coefficient (Wildman–Crippen LogP) is 4.84. The molecule has 3 heterocycles. The number of benzene rings is 1. The van der Waals surface area contributed by atoms with Gasteiger partial charge in [-0.05, 0) is 18.9 Å². The predicted molar refractivity (Wildman–Crippen MR) is 101 cm³/mol. The third-order valence-electron chi connectivity index (χ3n) is 4.88. The molecule has 0 unspecified atom stereocenters. The fraction of sp³-hybridized carbons (Fsp3) is 0.316. The van der Waals surface area contributed by atoms with Crippen LogP contribution in [0.25, 0.3) is 21.6 Å². The van der Waals surface area contributed by atoms with Gasteiger partial charge in [0.15, 0.2) is 10.8 Å². The molecule has 4 rings (SSSR count). The quantitative estimate of drug-likeness (QED) is 0.673. The summed E-state index contributed by atoms with van der Waals surface area (Å²) in [5, 5.41) is 10.1. The van der Waals surface area contributed by atoms with Crippen LogP contribution >= 0.6 is 11.3 Å². The molecule has 3 aromatic rings. The summed E-state index contributed by atoms with van der Waals surface area (Å²) in [5.74, 6) is -2.38. The standard InChI is InChI=1S/C19H16F3N3O2S/c20-19(21,22)12-6-8-25(9-7-12)18-24-16-15(28-18)13(17(26)27)10-14(23-16)11-4-2-1-3-5-11/h1-5,10,12H,6-9H2,(H,26,27). The second-order valence-electron chi connectivity index (χ2n) is 6.68. The molecule has 0 saturated carbocycles. The average Bonchev–Trinajstić information content (AvgIpc) is 3.11. The first-order valence-electron chi connectivity index (χ1n) is 8.75. The van der Waals surface area contributed by atoms with E-state index >= 15 is 0 Å². The number of pyridine rings is 1. The molecule has 0 amide bonds. The summed E-state index contributed by atoms with van der Waals surface area (Å²) in [5.41, 5.74) is 1.67. The van der Waals surface area contributed by atoms with E-state index in [1.807, 2.05) is 30.3 Å². The fourth-order valence-electron chi connectivity index (χ4n) is 3.35. The lowest BCUT2D eigenvalue weighted by Gasteiger charge is -2.32. The Morgan fingerprint density at radius 3 is 2.43 bits per heavy atom. The fourth-order valence-corrected chi connectivity index (χ4v) is 4.42. The Bertz CT molecular complexity index is 1010. The van der Waals surface area contributed by atoms with Gasteiger partial charge < -0.3 is 10.0 Å². The van der Waals surface area contributed by atoms with Crippen molar-refractivity contribution in [2.45, 2.75) is 19.0 Å². The van der Waals surface area contributed by atoms with Crippen LogP contribution in [0.15, 0.2) is 36.4 Å². The number of nitrogens with zero attached hydrogens (tertiary/aromatic N) is 3. The minimum atomic E-state index is -4.18. The van der Waals surface area contributed by atoms with Crippen molar-refractivity contribution in [1.29, 1.82) is 0 Å². The maximum atomic E-state index is 12.9. The van der Waals surface area contributed by atoms with Crippen molar-refractivity contribution in [2.75, 3.05) is 18.0 Å². The van der Waals surface area contributed by atoms with Crippen molar-refractivity contribution in [2.24, 2.45) is 5.92 Å². The van der Waals surface area contributed by atoms with Gasteiger partial charge in [-0.3, -0.25) is 0 Å². The third kappa shape index (κ3) is 3.54. The SMILES string of the molecule is O=C(O)c1cc(-c2ccccc2)nc2nc(N3CCC(C(F)(F)F)CC3)sc12. The molecule has 1 saturated heterocycles. The Kier molecular flexibility index (Phi) is 4.70. The van der Waals surface area contributed by atoms with Crippen LogP contribution in [-0.4, -0.2) is 40.3 Å². The molecule has 146 valence electrons. The van der Waals surface area contributed by atoms with E-state index in [0.717, 1.165) is 16.9 Å². The van der Waals surface area contributed by atoms with E-state index in [1.165, 1.54) is 6.07 Å². The highest BCUT2D eigenvalue weighted by molar-refractivity contribution is 7.22. The maximum absolute atomic E-state index is 12.9. The van der Waals surface area contributed by atoms with Crippen LogP contribution in [0.4, 0.5) is 18.3 Å². The van der Waals surface area contributed by atoms with E-state index in [-0.39, 0.29) is 31.5 Å². The van der Waals surface area contributed by atoms with Gasteiger partial charge in [0, 0.05) is 18.7 Å². The van der Waals surface area contributed by atoms with Gasteiger partial charge in [0.25, 0.3) is 0 Å². The van der Waals surface area contributed by atoms with E-state index in [2.05, 4.69) is 9.97 Å². The molecular weight excluding hydrogens is 391 g/mol. The molecule has 0 atom stereocenters. The lowest BCUT2D eigenvalue weighted by atomic mass is 9.97. The number of piperidine rings is 1. The van der Waals surface area contributed by atoms with Crippen LogP contribution in [0.1, 0.15) is 23.2 Å². The largest absolute Gasteiger partial charge is 0.478 e. The van der Waals surface area contributed by atoms with Gasteiger partial charge in [0.1, 0.15) is 0 Å². The van der Waals surface area contributed by atoms with Gasteiger partial charge in [-0.2, -0.15) is 18.2 Å². The zero-order chi connectivity index (χ0) is 19.9. The zero-order valence-electron chi connectivity index (χ0n) is 14.6. The number of thiazole rings is 1. The summed E-state index contributed by atoms with van der Waals surface area (Å²) >= 11 is 1.16. The first-order valence-corrected chi connectivity index (χ1v) is 9.56. The van der Waals surface area contributed by atoms with Crippen molar-refractivity contribution in [3.8, 4) is 11.3 Å². The van der Waals surface area contributed by atoms with Gasteiger partial charge in [-0.15, -0.1) is 0 Å². The van der Waals surface area contributed by atoms with Gasteiger partial charge in [0.2, 0.25) is 0 Å². The Morgan fingerprint density at radius 1 is 1.14 bits per heavy atom. The molecule has 1 aliphatic heterocycles. The first-order chi connectivity index (χ1) is 13.3. The van der Waals surface area contributed by atoms with Crippen LogP contribution in [-0.2, 0) is 0 Å². The van der Waals surface area contributed by atoms with Crippen molar-refractivity contribution >= 4 is 32.8 Å². The number of hydrogen-bond donors (Lipinski definition) is 1. The van der Waals surface area contributed by atoms with E-state index in [4.69, 9.17) is 0 Å². The minimum absolute atomic E-state index is 0.00784. The van der Waals surface area contributed by atoms with E-state index in [0.29, 0.717) is 21.2 Å². The molecule has 9 heteroatoms. The summed E-state index contributed by atoms with van der Waals surface area (Å²) in [6.07, 6.45) is -4.16. The number of carboxylic acids is 1. The molecule has 1 aromatic carbocycles. The lowest BCUT2D eigenvalue weighted by molar-refractivity contribution is -0.179. The monoisotopic (exact) mass is 407 g/mol. The van der Waals surface area contributed by atoms with Crippen molar-refractivity contribution < 1.29 is 23.1 Å². The molecule has 0 spiro atoms. The van der Waals surface area contributed by atoms with Crippen LogP contribution in [0.2, 0.25) is 0 Å². The number of aromatic nitrogens is 2. The van der Waals surface area contributed by atoms with E-state index < -0.39 is 18.1 Å². The molecule has 1 N–H and O–H groups in total. The summed E-state index contributed by atoms with van der Waals surface area (Å²) in [4.78, 5) is 22.5. The summed E-state index contributed by atoms with van der Waals surface area (Å²) < 4.78 is 39.1. The topological polar surface area (TPSA) is 66.3 Å². The summed E-state index contributed by atoms with van der Waals surface area (Å²) in [6, 6.07) is 10.7. The third-order valence-corrected chi connectivity index (χ3v) is 6.02. The summed E-state index contributed by atoms with van der Waals surface area (Å²) in [6.45, 7) is 0.468. The van der Waals surface area contributed by atoms with Crippen LogP contribution < -0.4 is 4.90 Å². The highest BCUT2D eigenvalue weighted by Crippen LogP contribution is 2.38. The molecule has 0 bridgehead atoms. The van der Waals surface area contributed by atoms with Crippen molar-refractivity contribution in [1.82, 2.24) is 9.97 Å². The number of carboxylic acid groups (broad SMARTS) is 1. The Morgan fingerprint density at radius 2 is 1.82 bits per heavy atom. The number of rotatable bonds is 3. The van der Waals surface area contributed by atoms with Crippen LogP contribution in [0, 0.1) is 5.92 Å². The Balaban J connectivity index is 1.69. The first kappa shape index (κ1) is 18.7. The second-order valence-corrected chi connectivity index (χ2v) is 7.66. The van der Waals surface area contributed by atoms with Gasteiger partial charge in [0.05, 0.1) is 21.9 Å². The number of fused-ring (bicyclic) bond motifs is 1. The molecule has 28 heavy (non-hydrogen) atoms. The number of hydrogen-bond acceptors (Lipinski definition) is 5. The normalized spacial score (nSPS) is 15.9. The maximum Gasteiger partial charge on any atom is 0.391 e. The van der Waals surface area contributed by atoms with Gasteiger partial charge in [-0.25, -0.2) is 9.78 Å². The average molecular weight is 407 g/mol. The van der Waals surface area contributed by atoms with Crippen LogP contribution in [0.5, 0.6) is 0 Å². The number of anilines is 1. The lowest BCUT2D eigenvalue weighted by Crippen LogP contribution is -2.38. The molecule has 1 fully saturated rings. The minimum Gasteiger partial charge on any atom is -0.478 e. The van der Waals surface area contributed by atoms with Crippen molar-refractivity contribution in [3.63, 3.8) is 0 Å². The van der Waals surface area contributed by atoms with Gasteiger partial charge in [-0.1, -0.05) is 41.7 Å². The number of halogens is 3. The number of alkyl halides is 3. The summed E-state index contributed by atoms with van der Waals surface area (Å²) in [7, 11) is 0. The number of carbonyl (C=O) groups is 1. The molecule has 0 radical (unpaired) electrons. The second kappa shape index (κ2) is 7.05. The molecule has 5 nitrogen and oxygen atoms in total.